The van der Waals surface area contributed by atoms with Gasteiger partial charge in [0.05, 0.1) is 13.2 Å². The first-order chi connectivity index (χ1) is 14.3. The smallest absolute Gasteiger partial charge is 0.305 e. The Bertz CT molecular complexity index is 669. The van der Waals surface area contributed by atoms with E-state index in [9.17, 15) is 9.90 Å². The molecule has 4 rings (SSSR count). The number of ether oxygens (including phenoxy) is 1. The summed E-state index contributed by atoms with van der Waals surface area (Å²) in [5, 5.41) is 10.2. The van der Waals surface area contributed by atoms with Crippen LogP contribution < -0.4 is 0 Å². The van der Waals surface area contributed by atoms with Crippen LogP contribution in [0.15, 0.2) is 11.6 Å². The number of allylic oxidation sites excluding steroid dienone is 1. The number of esters is 1. The minimum atomic E-state index is -0.106. The number of aliphatic hydroxyl groups excluding tert-OH is 1. The molecule has 0 amide bonds. The Balaban J connectivity index is 1.42. The molecule has 0 aromatic carbocycles. The fraction of sp³-hybridized carbons (Fsp3) is 0.889. The molecule has 0 aromatic rings. The van der Waals surface area contributed by atoms with E-state index in [-0.39, 0.29) is 12.1 Å². The van der Waals surface area contributed by atoms with Gasteiger partial charge in [0.25, 0.3) is 0 Å². The second-order valence-electron chi connectivity index (χ2n) is 11.7. The van der Waals surface area contributed by atoms with Crippen LogP contribution in [0.2, 0.25) is 0 Å². The van der Waals surface area contributed by atoms with Gasteiger partial charge in [0.1, 0.15) is 0 Å². The molecule has 0 saturated heterocycles. The quantitative estimate of drug-likeness (QED) is 0.314. The zero-order valence-electron chi connectivity index (χ0n) is 19.8. The van der Waals surface area contributed by atoms with Crippen LogP contribution in [0, 0.1) is 40.4 Å². The number of aliphatic hydroxyl groups is 1. The van der Waals surface area contributed by atoms with E-state index < -0.39 is 0 Å². The van der Waals surface area contributed by atoms with Crippen LogP contribution >= 0.6 is 0 Å². The number of hydrogen-bond acceptors (Lipinski definition) is 3. The minimum absolute atomic E-state index is 0.0673. The van der Waals surface area contributed by atoms with E-state index in [1.165, 1.54) is 52.1 Å². The molecule has 4 aliphatic carbocycles. The van der Waals surface area contributed by atoms with Crippen molar-refractivity contribution >= 4 is 5.97 Å². The first-order valence-electron chi connectivity index (χ1n) is 12.7. The molecule has 3 fully saturated rings. The molecule has 0 radical (unpaired) electrons. The maximum absolute atomic E-state index is 11.4. The maximum atomic E-state index is 11.4. The average Bonchev–Trinajstić information content (AvgIpc) is 3.08. The van der Waals surface area contributed by atoms with E-state index in [2.05, 4.69) is 26.8 Å². The van der Waals surface area contributed by atoms with Gasteiger partial charge >= 0.3 is 5.97 Å². The van der Waals surface area contributed by atoms with Gasteiger partial charge in [-0.25, -0.2) is 0 Å². The Hall–Kier alpha value is -0.830. The Kier molecular flexibility index (Phi) is 6.41. The third kappa shape index (κ3) is 3.78. The van der Waals surface area contributed by atoms with Crippen molar-refractivity contribution in [3.05, 3.63) is 11.6 Å². The van der Waals surface area contributed by atoms with Crippen molar-refractivity contribution in [1.29, 1.82) is 0 Å². The monoisotopic (exact) mass is 416 g/mol. The van der Waals surface area contributed by atoms with Crippen LogP contribution in [0.4, 0.5) is 0 Å². The summed E-state index contributed by atoms with van der Waals surface area (Å²) in [5.74, 6) is 4.08. The molecule has 3 nitrogen and oxygen atoms in total. The Morgan fingerprint density at radius 2 is 1.97 bits per heavy atom. The fourth-order valence-corrected chi connectivity index (χ4v) is 8.66. The highest BCUT2D eigenvalue weighted by atomic mass is 16.5. The summed E-state index contributed by atoms with van der Waals surface area (Å²) in [6, 6.07) is 0. The number of carbonyl (C=O) groups is 1. The summed E-state index contributed by atoms with van der Waals surface area (Å²) < 4.78 is 4.79. The molecular formula is C27H44O3. The zero-order valence-corrected chi connectivity index (χ0v) is 19.8. The summed E-state index contributed by atoms with van der Waals surface area (Å²) in [6.45, 7) is 7.63. The molecule has 170 valence electrons. The van der Waals surface area contributed by atoms with E-state index in [4.69, 9.17) is 4.74 Å². The third-order valence-electron chi connectivity index (χ3n) is 10.4. The molecule has 4 aliphatic rings. The lowest BCUT2D eigenvalue weighted by Gasteiger charge is -2.58. The van der Waals surface area contributed by atoms with E-state index in [1.807, 2.05) is 0 Å². The predicted octanol–water partition coefficient (Wildman–Crippen LogP) is 6.30. The first-order valence-corrected chi connectivity index (χ1v) is 12.7. The summed E-state index contributed by atoms with van der Waals surface area (Å²) in [5.41, 5.74) is 2.43. The average molecular weight is 417 g/mol. The maximum Gasteiger partial charge on any atom is 0.305 e. The lowest BCUT2D eigenvalue weighted by atomic mass is 9.47. The molecule has 8 atom stereocenters. The highest BCUT2D eigenvalue weighted by molar-refractivity contribution is 5.68. The third-order valence-corrected chi connectivity index (χ3v) is 10.4. The number of methoxy groups -OCH3 is 1. The normalized spacial score (nSPS) is 43.8. The molecule has 0 spiro atoms. The molecule has 3 heteroatoms. The van der Waals surface area contributed by atoms with E-state index in [0.29, 0.717) is 17.3 Å². The summed E-state index contributed by atoms with van der Waals surface area (Å²) in [6.07, 6.45) is 16.3. The minimum Gasteiger partial charge on any atom is -0.469 e. The topological polar surface area (TPSA) is 46.5 Å². The van der Waals surface area contributed by atoms with Crippen molar-refractivity contribution < 1.29 is 14.6 Å². The molecule has 1 unspecified atom stereocenters. The Morgan fingerprint density at radius 1 is 1.17 bits per heavy atom. The number of hydrogen-bond donors (Lipinski definition) is 1. The van der Waals surface area contributed by atoms with Crippen LogP contribution in [-0.2, 0) is 9.53 Å². The molecule has 0 aliphatic heterocycles. The van der Waals surface area contributed by atoms with Crippen molar-refractivity contribution in [3.8, 4) is 0 Å². The molecule has 1 N–H and O–H groups in total. The van der Waals surface area contributed by atoms with Crippen LogP contribution in [-0.4, -0.2) is 24.3 Å². The van der Waals surface area contributed by atoms with E-state index >= 15 is 0 Å². The van der Waals surface area contributed by atoms with E-state index in [0.717, 1.165) is 55.3 Å². The zero-order chi connectivity index (χ0) is 21.5. The van der Waals surface area contributed by atoms with Gasteiger partial charge in [0.15, 0.2) is 0 Å². The van der Waals surface area contributed by atoms with Crippen molar-refractivity contribution in [2.75, 3.05) is 7.11 Å². The van der Waals surface area contributed by atoms with Crippen molar-refractivity contribution in [2.24, 2.45) is 40.4 Å². The lowest BCUT2D eigenvalue weighted by Crippen LogP contribution is -2.50. The number of unbranched alkanes of at least 4 members (excludes halogenated alkanes) is 1. The summed E-state index contributed by atoms with van der Waals surface area (Å²) >= 11 is 0. The Labute approximate surface area is 184 Å². The molecule has 0 heterocycles. The number of fused-ring (bicyclic) bond motifs is 5. The van der Waals surface area contributed by atoms with Crippen molar-refractivity contribution in [3.63, 3.8) is 0 Å². The van der Waals surface area contributed by atoms with Gasteiger partial charge < -0.3 is 9.84 Å². The second kappa shape index (κ2) is 8.60. The molecule has 3 saturated carbocycles. The van der Waals surface area contributed by atoms with Gasteiger partial charge in [-0.3, -0.25) is 4.79 Å². The Morgan fingerprint density at radius 3 is 2.73 bits per heavy atom. The van der Waals surface area contributed by atoms with Crippen LogP contribution in [0.5, 0.6) is 0 Å². The van der Waals surface area contributed by atoms with Crippen molar-refractivity contribution in [1.82, 2.24) is 0 Å². The first kappa shape index (κ1) is 22.4. The van der Waals surface area contributed by atoms with Crippen molar-refractivity contribution in [2.45, 2.75) is 104 Å². The van der Waals surface area contributed by atoms with Gasteiger partial charge in [-0.1, -0.05) is 45.3 Å². The summed E-state index contributed by atoms with van der Waals surface area (Å²) in [7, 11) is 1.49. The fourth-order valence-electron chi connectivity index (χ4n) is 8.66. The van der Waals surface area contributed by atoms with Gasteiger partial charge in [-0.15, -0.1) is 0 Å². The molecular weight excluding hydrogens is 372 g/mol. The van der Waals surface area contributed by atoms with Crippen LogP contribution in [0.25, 0.3) is 0 Å². The van der Waals surface area contributed by atoms with Gasteiger partial charge in [0, 0.05) is 6.42 Å². The van der Waals surface area contributed by atoms with E-state index in [1.54, 1.807) is 5.57 Å². The van der Waals surface area contributed by atoms with Gasteiger partial charge in [0.2, 0.25) is 0 Å². The molecule has 0 aromatic heterocycles. The van der Waals surface area contributed by atoms with Crippen LogP contribution in [0.3, 0.4) is 0 Å². The molecule has 0 bridgehead atoms. The predicted molar refractivity (Wildman–Crippen MR) is 121 cm³/mol. The van der Waals surface area contributed by atoms with Crippen LogP contribution in [0.1, 0.15) is 97.8 Å². The lowest BCUT2D eigenvalue weighted by molar-refractivity contribution is -0.140. The number of carbonyl (C=O) groups excluding carboxylic acids is 1. The van der Waals surface area contributed by atoms with Gasteiger partial charge in [-0.2, -0.15) is 0 Å². The summed E-state index contributed by atoms with van der Waals surface area (Å²) in [4.78, 5) is 11.4. The van der Waals surface area contributed by atoms with Gasteiger partial charge in [-0.05, 0) is 98.2 Å². The SMILES string of the molecule is COC(=O)CCCC[C@@H](C)[C@H]1CC[C@H]2[C@@H]3CC=C4CC(O)CC[C@]4(C)[C@H]3CC[C@]12C. The highest BCUT2D eigenvalue weighted by Gasteiger charge is 2.59. The highest BCUT2D eigenvalue weighted by Crippen LogP contribution is 2.67. The second-order valence-corrected chi connectivity index (χ2v) is 11.7. The largest absolute Gasteiger partial charge is 0.469 e. The number of rotatable bonds is 6. The molecule has 30 heavy (non-hydrogen) atoms. The standard InChI is InChI=1S/C27H44O3/c1-18(7-5-6-8-25(29)30-4)22-11-12-23-21-10-9-19-17-20(28)13-15-26(19,2)24(21)14-16-27(22,23)3/h9,18,20-24,28H,5-8,10-17H2,1-4H3/t18-,20?,21+,22-,23+,24+,26+,27-/m1/s1.